The first-order valence-electron chi connectivity index (χ1n) is 7.63. The summed E-state index contributed by atoms with van der Waals surface area (Å²) in [6.45, 7) is 3.64. The second-order valence-corrected chi connectivity index (χ2v) is 7.20. The second kappa shape index (κ2) is 8.17. The van der Waals surface area contributed by atoms with Crippen LogP contribution in [0.1, 0.15) is 34.1 Å². The maximum Gasteiger partial charge on any atom is 0.149 e. The Hall–Kier alpha value is -1.33. The highest BCUT2D eigenvalue weighted by molar-refractivity contribution is 9.09. The number of alkyl halides is 2. The third-order valence-electron chi connectivity index (χ3n) is 4.24. The predicted molar refractivity (Wildman–Crippen MR) is 104 cm³/mol. The summed E-state index contributed by atoms with van der Waals surface area (Å²) in [7, 11) is 0. The summed E-state index contributed by atoms with van der Waals surface area (Å²) in [5.41, 5.74) is 3.27. The molecule has 0 fully saturated rings. The third-order valence-corrected chi connectivity index (χ3v) is 5.54. The van der Waals surface area contributed by atoms with E-state index in [1.807, 2.05) is 26.0 Å². The normalized spacial score (nSPS) is 13.5. The molecular weight excluding hydrogens is 436 g/mol. The lowest BCUT2D eigenvalue weighted by molar-refractivity contribution is -0.121. The highest BCUT2D eigenvalue weighted by Gasteiger charge is 2.28. The monoisotopic (exact) mass is 454 g/mol. The van der Waals surface area contributed by atoms with Gasteiger partial charge in [0.05, 0.1) is 11.8 Å². The Balaban J connectivity index is 2.37. The lowest BCUT2D eigenvalue weighted by Gasteiger charge is -2.21. The molecule has 2 aromatic carbocycles. The van der Waals surface area contributed by atoms with Crippen LogP contribution in [0.5, 0.6) is 11.5 Å². The van der Waals surface area contributed by atoms with Crippen molar-refractivity contribution in [2.24, 2.45) is 0 Å². The van der Waals surface area contributed by atoms with E-state index in [0.717, 1.165) is 22.3 Å². The van der Waals surface area contributed by atoms with Crippen LogP contribution in [0.4, 0.5) is 0 Å². The minimum Gasteiger partial charge on any atom is -0.508 e. The molecule has 2 rings (SSSR count). The summed E-state index contributed by atoms with van der Waals surface area (Å²) in [6.07, 6.45) is 0. The number of aryl methyl sites for hydroxylation is 2. The van der Waals surface area contributed by atoms with E-state index in [4.69, 9.17) is 0 Å². The van der Waals surface area contributed by atoms with E-state index in [9.17, 15) is 15.0 Å². The number of Topliss-reactive ketones (excluding diaryl/α,β-unsaturated/α-hetero) is 1. The van der Waals surface area contributed by atoms with Crippen molar-refractivity contribution >= 4 is 37.6 Å². The number of ketones is 1. The molecule has 0 heterocycles. The van der Waals surface area contributed by atoms with Gasteiger partial charge in [0.25, 0.3) is 0 Å². The van der Waals surface area contributed by atoms with Crippen molar-refractivity contribution in [3.63, 3.8) is 0 Å². The van der Waals surface area contributed by atoms with Crippen LogP contribution >= 0.6 is 31.9 Å². The SMILES string of the molecule is Cc1cc(C(CBr)C(=O)C(CBr)c2ccc(O)c(C)c2)ccc1O. The molecular formula is C19H20Br2O3. The summed E-state index contributed by atoms with van der Waals surface area (Å²) < 4.78 is 0. The zero-order valence-electron chi connectivity index (χ0n) is 13.6. The standard InChI is InChI=1S/C19H20Br2O3/c1-11-7-13(3-5-17(11)22)15(9-20)19(24)16(10-21)14-4-6-18(23)12(2)8-14/h3-8,15-16,22-23H,9-10H2,1-2H3. The van der Waals surface area contributed by atoms with Gasteiger partial charge in [0.1, 0.15) is 17.3 Å². The molecule has 0 aliphatic heterocycles. The van der Waals surface area contributed by atoms with E-state index in [2.05, 4.69) is 31.9 Å². The fraction of sp³-hybridized carbons (Fsp3) is 0.316. The molecule has 2 aromatic rings. The summed E-state index contributed by atoms with van der Waals surface area (Å²) in [4.78, 5) is 13.1. The van der Waals surface area contributed by atoms with Gasteiger partial charge >= 0.3 is 0 Å². The highest BCUT2D eigenvalue weighted by atomic mass is 79.9. The van der Waals surface area contributed by atoms with Gasteiger partial charge in [0.2, 0.25) is 0 Å². The topological polar surface area (TPSA) is 57.5 Å². The molecule has 0 aliphatic carbocycles. The molecule has 0 spiro atoms. The van der Waals surface area contributed by atoms with Crippen molar-refractivity contribution in [1.29, 1.82) is 0 Å². The van der Waals surface area contributed by atoms with E-state index in [1.165, 1.54) is 0 Å². The number of halogens is 2. The van der Waals surface area contributed by atoms with Crippen molar-refractivity contribution < 1.29 is 15.0 Å². The van der Waals surface area contributed by atoms with Gasteiger partial charge in [0, 0.05) is 10.7 Å². The van der Waals surface area contributed by atoms with Gasteiger partial charge in [-0.2, -0.15) is 0 Å². The first-order chi connectivity index (χ1) is 11.4. The largest absolute Gasteiger partial charge is 0.508 e. The van der Waals surface area contributed by atoms with Crippen LogP contribution in [0.15, 0.2) is 36.4 Å². The molecule has 0 saturated heterocycles. The summed E-state index contributed by atoms with van der Waals surface area (Å²) in [5, 5.41) is 20.4. The van der Waals surface area contributed by atoms with Crippen LogP contribution in [0.2, 0.25) is 0 Å². The molecule has 24 heavy (non-hydrogen) atoms. The van der Waals surface area contributed by atoms with Gasteiger partial charge in [-0.1, -0.05) is 56.1 Å². The Bertz CT molecular complexity index is 682. The van der Waals surface area contributed by atoms with Gasteiger partial charge in [-0.05, 0) is 48.2 Å². The van der Waals surface area contributed by atoms with Crippen molar-refractivity contribution in [2.75, 3.05) is 10.7 Å². The smallest absolute Gasteiger partial charge is 0.149 e. The van der Waals surface area contributed by atoms with Crippen LogP contribution in [-0.4, -0.2) is 26.7 Å². The molecule has 0 radical (unpaired) electrons. The Kier molecular flexibility index (Phi) is 6.47. The average molecular weight is 456 g/mol. The van der Waals surface area contributed by atoms with E-state index in [-0.39, 0.29) is 29.1 Å². The molecule has 0 bridgehead atoms. The number of carbonyl (C=O) groups is 1. The van der Waals surface area contributed by atoms with Gasteiger partial charge in [-0.3, -0.25) is 4.79 Å². The van der Waals surface area contributed by atoms with Gasteiger partial charge in [0.15, 0.2) is 0 Å². The molecule has 2 N–H and O–H groups in total. The maximum absolute atomic E-state index is 13.1. The first-order valence-corrected chi connectivity index (χ1v) is 9.88. The Labute approximate surface area is 159 Å². The van der Waals surface area contributed by atoms with Crippen molar-refractivity contribution in [1.82, 2.24) is 0 Å². The fourth-order valence-corrected chi connectivity index (χ4v) is 4.08. The number of hydrogen-bond donors (Lipinski definition) is 2. The van der Waals surface area contributed by atoms with Crippen LogP contribution in [0.25, 0.3) is 0 Å². The average Bonchev–Trinajstić information content (AvgIpc) is 2.55. The molecule has 0 aromatic heterocycles. The molecule has 0 amide bonds. The number of rotatable bonds is 6. The Morgan fingerprint density at radius 1 is 0.875 bits per heavy atom. The van der Waals surface area contributed by atoms with Crippen molar-refractivity contribution in [2.45, 2.75) is 25.7 Å². The van der Waals surface area contributed by atoms with Crippen molar-refractivity contribution in [3.05, 3.63) is 58.7 Å². The van der Waals surface area contributed by atoms with E-state index in [1.54, 1.807) is 24.3 Å². The minimum atomic E-state index is -0.305. The van der Waals surface area contributed by atoms with Gasteiger partial charge < -0.3 is 10.2 Å². The lowest BCUT2D eigenvalue weighted by Crippen LogP contribution is -2.23. The number of benzene rings is 2. The number of hydrogen-bond acceptors (Lipinski definition) is 3. The zero-order chi connectivity index (χ0) is 17.9. The number of carbonyl (C=O) groups excluding carboxylic acids is 1. The Morgan fingerprint density at radius 2 is 1.25 bits per heavy atom. The summed E-state index contributed by atoms with van der Waals surface area (Å²) in [5.74, 6) is -0.0581. The fourth-order valence-electron chi connectivity index (χ4n) is 2.69. The van der Waals surface area contributed by atoms with Crippen LogP contribution in [-0.2, 0) is 4.79 Å². The summed E-state index contributed by atoms with van der Waals surface area (Å²) >= 11 is 6.91. The predicted octanol–water partition coefficient (Wildman–Crippen LogP) is 4.94. The van der Waals surface area contributed by atoms with Gasteiger partial charge in [-0.15, -0.1) is 0 Å². The van der Waals surface area contributed by atoms with E-state index >= 15 is 0 Å². The maximum atomic E-state index is 13.1. The highest BCUT2D eigenvalue weighted by Crippen LogP contribution is 2.32. The first kappa shape index (κ1) is 19.0. The summed E-state index contributed by atoms with van der Waals surface area (Å²) in [6, 6.07) is 10.5. The Morgan fingerprint density at radius 3 is 1.54 bits per heavy atom. The van der Waals surface area contributed by atoms with Crippen LogP contribution < -0.4 is 0 Å². The number of aromatic hydroxyl groups is 2. The van der Waals surface area contributed by atoms with E-state index < -0.39 is 0 Å². The molecule has 0 saturated carbocycles. The second-order valence-electron chi connectivity index (χ2n) is 5.91. The quantitative estimate of drug-likeness (QED) is 0.606. The lowest BCUT2D eigenvalue weighted by atomic mass is 9.85. The molecule has 0 aliphatic rings. The van der Waals surface area contributed by atoms with Crippen molar-refractivity contribution in [3.8, 4) is 11.5 Å². The van der Waals surface area contributed by atoms with Gasteiger partial charge in [-0.25, -0.2) is 0 Å². The van der Waals surface area contributed by atoms with Crippen LogP contribution in [0.3, 0.4) is 0 Å². The number of phenolic OH excluding ortho intramolecular Hbond substituents is 2. The third kappa shape index (κ3) is 4.01. The molecule has 2 unspecified atom stereocenters. The molecule has 3 nitrogen and oxygen atoms in total. The molecule has 5 heteroatoms. The zero-order valence-corrected chi connectivity index (χ0v) is 16.8. The molecule has 2 atom stereocenters. The van der Waals surface area contributed by atoms with Crippen LogP contribution in [0, 0.1) is 13.8 Å². The number of phenols is 2. The van der Waals surface area contributed by atoms with E-state index in [0.29, 0.717) is 10.7 Å². The minimum absolute atomic E-state index is 0.0962. The molecule has 128 valence electrons.